The minimum absolute atomic E-state index is 0.0186. The molecule has 0 saturated heterocycles. The molecule has 0 aliphatic heterocycles. The van der Waals surface area contributed by atoms with Crippen LogP contribution in [0.15, 0.2) is 100 Å². The quantitative estimate of drug-likeness (QED) is 0.146. The lowest BCUT2D eigenvalue weighted by atomic mass is 10.1. The Balaban J connectivity index is 1.51. The molecule has 1 heterocycles. The molecule has 0 fully saturated rings. The number of rotatable bonds is 14. The van der Waals surface area contributed by atoms with E-state index >= 15 is 0 Å². The van der Waals surface area contributed by atoms with Crippen LogP contribution in [0.25, 0.3) is 22.3 Å². The van der Waals surface area contributed by atoms with Gasteiger partial charge >= 0.3 is 0 Å². The summed E-state index contributed by atoms with van der Waals surface area (Å²) in [6.45, 7) is 7.83. The van der Waals surface area contributed by atoms with Gasteiger partial charge in [-0.05, 0) is 42.4 Å². The van der Waals surface area contributed by atoms with Crippen molar-refractivity contribution in [3.8, 4) is 40.1 Å². The molecular weight excluding hydrogens is 558 g/mol. The molecule has 0 radical (unpaired) electrons. The molecule has 0 unspecified atom stereocenters. The van der Waals surface area contributed by atoms with E-state index < -0.39 is 5.43 Å². The lowest BCUT2D eigenvalue weighted by Gasteiger charge is -2.18. The largest absolute Gasteiger partial charge is 0.507 e. The van der Waals surface area contributed by atoms with Gasteiger partial charge in [0.15, 0.2) is 17.3 Å². The van der Waals surface area contributed by atoms with Crippen molar-refractivity contribution in [2.75, 3.05) is 33.4 Å². The first-order valence-corrected chi connectivity index (χ1v) is 14.7. The third-order valence-corrected chi connectivity index (χ3v) is 7.36. The van der Waals surface area contributed by atoms with Crippen molar-refractivity contribution in [3.63, 3.8) is 0 Å². The Morgan fingerprint density at radius 3 is 2.02 bits per heavy atom. The van der Waals surface area contributed by atoms with Crippen LogP contribution in [-0.4, -0.2) is 43.4 Å². The zero-order valence-corrected chi connectivity index (χ0v) is 25.2. The molecule has 0 amide bonds. The van der Waals surface area contributed by atoms with Crippen LogP contribution in [0.3, 0.4) is 0 Å². The zero-order valence-electron chi connectivity index (χ0n) is 25.2. The number of phenolic OH excluding ortho intramolecular Hbond substituents is 1. The summed E-state index contributed by atoms with van der Waals surface area (Å²) >= 11 is 0. The van der Waals surface area contributed by atoms with Crippen molar-refractivity contribution in [2.45, 2.75) is 27.1 Å². The van der Waals surface area contributed by atoms with E-state index in [2.05, 4.69) is 18.7 Å². The smallest absolute Gasteiger partial charge is 0.239 e. The molecule has 8 nitrogen and oxygen atoms in total. The molecule has 5 aromatic rings. The maximum absolute atomic E-state index is 13.5. The lowest BCUT2D eigenvalue weighted by Crippen LogP contribution is -2.27. The van der Waals surface area contributed by atoms with Gasteiger partial charge in [0.2, 0.25) is 11.2 Å². The van der Waals surface area contributed by atoms with Gasteiger partial charge in [-0.15, -0.1) is 0 Å². The summed E-state index contributed by atoms with van der Waals surface area (Å²) in [7, 11) is 1.40. The molecule has 8 heteroatoms. The van der Waals surface area contributed by atoms with Crippen molar-refractivity contribution >= 4 is 11.0 Å². The molecule has 1 N–H and O–H groups in total. The van der Waals surface area contributed by atoms with Crippen LogP contribution >= 0.6 is 0 Å². The highest BCUT2D eigenvalue weighted by Gasteiger charge is 2.22. The Kier molecular flexibility index (Phi) is 10.0. The predicted molar refractivity (Wildman–Crippen MR) is 171 cm³/mol. The van der Waals surface area contributed by atoms with Crippen LogP contribution in [0.1, 0.15) is 25.0 Å². The molecule has 44 heavy (non-hydrogen) atoms. The van der Waals surface area contributed by atoms with E-state index in [1.165, 1.54) is 13.2 Å². The number of likely N-dealkylation sites (N-methyl/N-ethyl adjacent to an activating group) is 1. The van der Waals surface area contributed by atoms with E-state index in [0.717, 1.165) is 30.8 Å². The van der Waals surface area contributed by atoms with Crippen molar-refractivity contribution < 1.29 is 28.5 Å². The number of hydrogen-bond donors (Lipinski definition) is 1. The molecule has 1 aromatic heterocycles. The summed E-state index contributed by atoms with van der Waals surface area (Å²) in [6, 6.07) is 28.0. The fourth-order valence-electron chi connectivity index (χ4n) is 4.90. The Morgan fingerprint density at radius 2 is 1.41 bits per heavy atom. The summed E-state index contributed by atoms with van der Waals surface area (Å²) in [4.78, 5) is 15.8. The van der Waals surface area contributed by atoms with Gasteiger partial charge in [-0.1, -0.05) is 74.5 Å². The Hall–Kier alpha value is -4.95. The van der Waals surface area contributed by atoms with Crippen LogP contribution in [0.2, 0.25) is 0 Å². The summed E-state index contributed by atoms with van der Waals surface area (Å²) in [5.41, 5.74) is 2.24. The van der Waals surface area contributed by atoms with Gasteiger partial charge in [-0.25, -0.2) is 0 Å². The van der Waals surface area contributed by atoms with Crippen LogP contribution in [-0.2, 0) is 13.2 Å². The highest BCUT2D eigenvalue weighted by molar-refractivity contribution is 5.88. The molecule has 0 spiro atoms. The third-order valence-electron chi connectivity index (χ3n) is 7.36. The number of phenols is 1. The van der Waals surface area contributed by atoms with Gasteiger partial charge in [0.25, 0.3) is 0 Å². The summed E-state index contributed by atoms with van der Waals surface area (Å²) in [5, 5.41) is 10.8. The number of hydrogen-bond acceptors (Lipinski definition) is 8. The van der Waals surface area contributed by atoms with Crippen molar-refractivity contribution in [2.24, 2.45) is 0 Å². The van der Waals surface area contributed by atoms with Crippen molar-refractivity contribution in [1.82, 2.24) is 4.90 Å². The van der Waals surface area contributed by atoms with E-state index in [-0.39, 0.29) is 28.2 Å². The SMILES string of the molecule is CCN(CC)CCOc1cc(O)c2c(=O)c(OC)c(-c3ccc(OCc4ccccc4)c(OCc4ccccc4)c3)oc2c1. The average molecular weight is 596 g/mol. The van der Waals surface area contributed by atoms with Gasteiger partial charge in [0.05, 0.1) is 7.11 Å². The first-order chi connectivity index (χ1) is 21.5. The topological polar surface area (TPSA) is 90.6 Å². The van der Waals surface area contributed by atoms with Crippen LogP contribution < -0.4 is 24.4 Å². The van der Waals surface area contributed by atoms with Crippen LogP contribution in [0.4, 0.5) is 0 Å². The standard InChI is InChI=1S/C36H37NO7/c1-4-37(5-2)18-19-41-28-21-29(38)33-32(22-28)44-35(36(40-3)34(33)39)27-16-17-30(42-23-25-12-8-6-9-13-25)31(20-27)43-24-26-14-10-7-11-15-26/h6-17,20-22,38H,4-5,18-19,23-24H2,1-3H3. The number of ether oxygens (including phenoxy) is 4. The second-order valence-electron chi connectivity index (χ2n) is 10.2. The molecular formula is C36H37NO7. The molecule has 4 aromatic carbocycles. The molecule has 0 aliphatic carbocycles. The average Bonchev–Trinajstić information content (AvgIpc) is 3.05. The van der Waals surface area contributed by atoms with Gasteiger partial charge in [-0.2, -0.15) is 0 Å². The van der Waals surface area contributed by atoms with E-state index in [9.17, 15) is 9.90 Å². The second-order valence-corrected chi connectivity index (χ2v) is 10.2. The summed E-state index contributed by atoms with van der Waals surface area (Å²) < 4.78 is 30.1. The Labute approximate surface area is 257 Å². The van der Waals surface area contributed by atoms with E-state index in [1.807, 2.05) is 60.7 Å². The van der Waals surface area contributed by atoms with Crippen LogP contribution in [0, 0.1) is 0 Å². The maximum Gasteiger partial charge on any atom is 0.239 e. The number of fused-ring (bicyclic) bond motifs is 1. The minimum atomic E-state index is -0.493. The normalized spacial score (nSPS) is 11.1. The monoisotopic (exact) mass is 595 g/mol. The van der Waals surface area contributed by atoms with E-state index in [0.29, 0.717) is 42.6 Å². The first kappa shape index (κ1) is 30.5. The Bertz CT molecular complexity index is 1730. The molecule has 228 valence electrons. The number of benzene rings is 4. The van der Waals surface area contributed by atoms with Gasteiger partial charge < -0.3 is 33.4 Å². The second kappa shape index (κ2) is 14.5. The highest BCUT2D eigenvalue weighted by atomic mass is 16.5. The summed E-state index contributed by atoms with van der Waals surface area (Å²) in [6.07, 6.45) is 0. The fraction of sp³-hybridized carbons (Fsp3) is 0.250. The molecule has 0 aliphatic rings. The highest BCUT2D eigenvalue weighted by Crippen LogP contribution is 2.39. The molecule has 0 saturated carbocycles. The van der Waals surface area contributed by atoms with E-state index in [4.69, 9.17) is 23.4 Å². The molecule has 5 rings (SSSR count). The molecule has 0 bridgehead atoms. The fourth-order valence-corrected chi connectivity index (χ4v) is 4.90. The number of methoxy groups -OCH3 is 1. The maximum atomic E-state index is 13.5. The van der Waals surface area contributed by atoms with Crippen molar-refractivity contribution in [3.05, 3.63) is 112 Å². The summed E-state index contributed by atoms with van der Waals surface area (Å²) in [5.74, 6) is 1.34. The Morgan fingerprint density at radius 1 is 0.773 bits per heavy atom. The van der Waals surface area contributed by atoms with Gasteiger partial charge in [0.1, 0.15) is 42.3 Å². The number of aromatic hydroxyl groups is 1. The minimum Gasteiger partial charge on any atom is -0.507 e. The predicted octanol–water partition coefficient (Wildman–Crippen LogP) is 7.05. The molecule has 0 atom stereocenters. The first-order valence-electron chi connectivity index (χ1n) is 14.7. The van der Waals surface area contributed by atoms with Crippen molar-refractivity contribution in [1.29, 1.82) is 0 Å². The van der Waals surface area contributed by atoms with E-state index in [1.54, 1.807) is 24.3 Å². The van der Waals surface area contributed by atoms with Gasteiger partial charge in [0, 0.05) is 24.2 Å². The lowest BCUT2D eigenvalue weighted by molar-refractivity contribution is 0.222. The zero-order chi connectivity index (χ0) is 30.9. The van der Waals surface area contributed by atoms with Crippen LogP contribution in [0.5, 0.6) is 28.7 Å². The third kappa shape index (κ3) is 7.15. The van der Waals surface area contributed by atoms with Gasteiger partial charge in [-0.3, -0.25) is 4.79 Å². The number of nitrogens with zero attached hydrogens (tertiary/aromatic N) is 1.